The summed E-state index contributed by atoms with van der Waals surface area (Å²) in [5, 5.41) is 5.56. The second-order valence-electron chi connectivity index (χ2n) is 5.11. The Morgan fingerprint density at radius 3 is 1.63 bits per heavy atom. The highest BCUT2D eigenvalue weighted by molar-refractivity contribution is 14.1. The Kier molecular flexibility index (Phi) is 3.73. The van der Waals surface area contributed by atoms with Crippen LogP contribution >= 0.6 is 45.2 Å². The van der Waals surface area contributed by atoms with E-state index in [0.717, 1.165) is 0 Å². The summed E-state index contributed by atoms with van der Waals surface area (Å²) in [6.07, 6.45) is 0. The topological polar surface area (TPSA) is 0 Å². The van der Waals surface area contributed by atoms with E-state index in [1.165, 1.54) is 34.2 Å². The van der Waals surface area contributed by atoms with Crippen molar-refractivity contribution < 1.29 is 0 Å². The van der Waals surface area contributed by atoms with Crippen LogP contribution in [0.5, 0.6) is 0 Å². The maximum absolute atomic E-state index is 2.44. The zero-order chi connectivity index (χ0) is 13.6. The van der Waals surface area contributed by atoms with Crippen LogP contribution in [0.1, 0.15) is 25.3 Å². The van der Waals surface area contributed by atoms with Crippen molar-refractivity contribution in [2.75, 3.05) is 0 Å². The van der Waals surface area contributed by atoms with Crippen molar-refractivity contribution in [2.24, 2.45) is 0 Å². The van der Waals surface area contributed by atoms with E-state index in [1.807, 2.05) is 0 Å². The van der Waals surface area contributed by atoms with Crippen LogP contribution in [-0.4, -0.2) is 0 Å². The highest BCUT2D eigenvalue weighted by atomic mass is 127. The lowest BCUT2D eigenvalue weighted by atomic mass is 9.90. The summed E-state index contributed by atoms with van der Waals surface area (Å²) < 4.78 is 2.66. The predicted molar refractivity (Wildman–Crippen MR) is 101 cm³/mol. The molecular formula is C17H14I2. The third-order valence-corrected chi connectivity index (χ3v) is 5.43. The van der Waals surface area contributed by atoms with Gasteiger partial charge in [0.2, 0.25) is 0 Å². The first-order valence-corrected chi connectivity index (χ1v) is 8.54. The van der Waals surface area contributed by atoms with Gasteiger partial charge in [-0.25, -0.2) is 0 Å². The molecular weight excluding hydrogens is 458 g/mol. The highest BCUT2D eigenvalue weighted by Crippen LogP contribution is 2.36. The second-order valence-corrected chi connectivity index (χ2v) is 7.44. The summed E-state index contributed by atoms with van der Waals surface area (Å²) >= 11 is 4.88. The van der Waals surface area contributed by atoms with Crippen molar-refractivity contribution in [1.82, 2.24) is 0 Å². The summed E-state index contributed by atoms with van der Waals surface area (Å²) in [5.41, 5.74) is 1.48. The Bertz CT molecular complexity index is 713. The maximum atomic E-state index is 2.44. The summed E-state index contributed by atoms with van der Waals surface area (Å²) in [7, 11) is 0. The normalized spacial score (nSPS) is 11.6. The van der Waals surface area contributed by atoms with E-state index in [9.17, 15) is 0 Å². The van der Waals surface area contributed by atoms with Crippen molar-refractivity contribution in [1.29, 1.82) is 0 Å². The van der Waals surface area contributed by atoms with Crippen LogP contribution in [-0.2, 0) is 0 Å². The van der Waals surface area contributed by atoms with Crippen molar-refractivity contribution >= 4 is 66.7 Å². The molecule has 0 aromatic heterocycles. The number of halogens is 2. The van der Waals surface area contributed by atoms with Crippen LogP contribution in [0.4, 0.5) is 0 Å². The van der Waals surface area contributed by atoms with Gasteiger partial charge in [-0.2, -0.15) is 0 Å². The summed E-state index contributed by atoms with van der Waals surface area (Å²) in [4.78, 5) is 0. The molecule has 0 unspecified atom stereocenters. The lowest BCUT2D eigenvalue weighted by Crippen LogP contribution is -1.94. The van der Waals surface area contributed by atoms with Gasteiger partial charge in [-0.3, -0.25) is 0 Å². The van der Waals surface area contributed by atoms with Gasteiger partial charge < -0.3 is 0 Å². The van der Waals surface area contributed by atoms with Crippen molar-refractivity contribution in [3.8, 4) is 0 Å². The van der Waals surface area contributed by atoms with Crippen LogP contribution < -0.4 is 0 Å². The van der Waals surface area contributed by atoms with Crippen LogP contribution in [0.25, 0.3) is 21.5 Å². The third kappa shape index (κ3) is 2.27. The molecule has 0 aliphatic carbocycles. The molecule has 0 nitrogen and oxygen atoms in total. The quantitative estimate of drug-likeness (QED) is 0.287. The lowest BCUT2D eigenvalue weighted by Gasteiger charge is -2.16. The van der Waals surface area contributed by atoms with Gasteiger partial charge in [0.25, 0.3) is 0 Å². The molecule has 0 atom stereocenters. The largest absolute Gasteiger partial charge is 0.0606 e. The lowest BCUT2D eigenvalue weighted by molar-refractivity contribution is 0.885. The van der Waals surface area contributed by atoms with Gasteiger partial charge in [0.15, 0.2) is 0 Å². The Morgan fingerprint density at radius 1 is 0.737 bits per heavy atom. The van der Waals surface area contributed by atoms with Gasteiger partial charge in [-0.15, -0.1) is 0 Å². The molecule has 0 N–H and O–H groups in total. The van der Waals surface area contributed by atoms with Gasteiger partial charge in [-0.05, 0) is 96.4 Å². The van der Waals surface area contributed by atoms with Gasteiger partial charge in [0.1, 0.15) is 0 Å². The number of hydrogen-bond acceptors (Lipinski definition) is 0. The average Bonchev–Trinajstić information content (AvgIpc) is 2.37. The smallest absolute Gasteiger partial charge is 0.0209 e. The monoisotopic (exact) mass is 472 g/mol. The SMILES string of the molecule is CC(C)c1c2cccc(I)c2cc2c(I)cccc12. The van der Waals surface area contributed by atoms with Crippen molar-refractivity contribution in [2.45, 2.75) is 19.8 Å². The Labute approximate surface area is 140 Å². The molecule has 0 spiro atoms. The first-order valence-electron chi connectivity index (χ1n) is 6.39. The van der Waals surface area contributed by atoms with Gasteiger partial charge in [-0.1, -0.05) is 38.1 Å². The fraction of sp³-hybridized carbons (Fsp3) is 0.176. The van der Waals surface area contributed by atoms with Crippen LogP contribution in [0.15, 0.2) is 42.5 Å². The minimum absolute atomic E-state index is 0.530. The zero-order valence-electron chi connectivity index (χ0n) is 10.9. The van der Waals surface area contributed by atoms with Crippen LogP contribution in [0.2, 0.25) is 0 Å². The highest BCUT2D eigenvalue weighted by Gasteiger charge is 2.13. The summed E-state index contributed by atoms with van der Waals surface area (Å²) in [6.45, 7) is 4.57. The number of hydrogen-bond donors (Lipinski definition) is 0. The molecule has 0 aliphatic heterocycles. The van der Waals surface area contributed by atoms with E-state index in [0.29, 0.717) is 5.92 Å². The molecule has 0 amide bonds. The van der Waals surface area contributed by atoms with E-state index in [4.69, 9.17) is 0 Å². The molecule has 0 radical (unpaired) electrons. The Balaban J connectivity index is 2.62. The van der Waals surface area contributed by atoms with Crippen molar-refractivity contribution in [3.63, 3.8) is 0 Å². The molecule has 0 aliphatic rings. The van der Waals surface area contributed by atoms with E-state index in [1.54, 1.807) is 0 Å². The summed E-state index contributed by atoms with van der Waals surface area (Å²) in [5.74, 6) is 0.530. The zero-order valence-corrected chi connectivity index (χ0v) is 15.2. The third-order valence-electron chi connectivity index (χ3n) is 3.55. The maximum Gasteiger partial charge on any atom is 0.0209 e. The molecule has 19 heavy (non-hydrogen) atoms. The number of benzene rings is 3. The first-order chi connectivity index (χ1) is 9.09. The minimum Gasteiger partial charge on any atom is -0.0606 e. The van der Waals surface area contributed by atoms with E-state index in [2.05, 4.69) is 101 Å². The van der Waals surface area contributed by atoms with Gasteiger partial charge in [0, 0.05) is 7.14 Å². The van der Waals surface area contributed by atoms with E-state index < -0.39 is 0 Å². The molecule has 0 fully saturated rings. The Hall–Kier alpha value is -0.360. The molecule has 96 valence electrons. The van der Waals surface area contributed by atoms with Gasteiger partial charge in [0.05, 0.1) is 0 Å². The molecule has 3 rings (SSSR count). The molecule has 3 aromatic carbocycles. The van der Waals surface area contributed by atoms with E-state index >= 15 is 0 Å². The number of fused-ring (bicyclic) bond motifs is 2. The van der Waals surface area contributed by atoms with Gasteiger partial charge >= 0.3 is 0 Å². The van der Waals surface area contributed by atoms with E-state index in [-0.39, 0.29) is 0 Å². The minimum atomic E-state index is 0.530. The average molecular weight is 472 g/mol. The molecule has 0 bridgehead atoms. The fourth-order valence-corrected chi connectivity index (χ4v) is 4.06. The fourth-order valence-electron chi connectivity index (χ4n) is 2.75. The molecule has 0 heterocycles. The number of rotatable bonds is 1. The van der Waals surface area contributed by atoms with Crippen LogP contribution in [0.3, 0.4) is 0 Å². The van der Waals surface area contributed by atoms with Crippen LogP contribution in [0, 0.1) is 7.14 Å². The molecule has 0 saturated heterocycles. The standard InChI is InChI=1S/C17H14I2/c1-10(2)17-11-5-3-7-15(18)13(11)9-14-12(17)6-4-8-16(14)19/h3-10H,1-2H3. The second kappa shape index (κ2) is 5.20. The Morgan fingerprint density at radius 2 is 1.21 bits per heavy atom. The molecule has 0 saturated carbocycles. The predicted octanol–water partition coefficient (Wildman–Crippen LogP) is 6.33. The molecule has 2 heteroatoms. The first kappa shape index (κ1) is 13.6. The molecule has 3 aromatic rings. The summed E-state index contributed by atoms with van der Waals surface area (Å²) in [6, 6.07) is 15.6. The van der Waals surface area contributed by atoms with Crippen molar-refractivity contribution in [3.05, 3.63) is 55.2 Å².